The first-order valence-corrected chi connectivity index (χ1v) is 9.67. The number of aromatic nitrogens is 1. The van der Waals surface area contributed by atoms with Gasteiger partial charge in [0, 0.05) is 56.2 Å². The summed E-state index contributed by atoms with van der Waals surface area (Å²) >= 11 is 0. The third-order valence-corrected chi connectivity index (χ3v) is 5.08. The molecule has 1 aromatic carbocycles. The second-order valence-corrected chi connectivity index (χ2v) is 8.12. The van der Waals surface area contributed by atoms with E-state index in [0.29, 0.717) is 6.54 Å². The van der Waals surface area contributed by atoms with Crippen LogP contribution in [0.15, 0.2) is 54.9 Å². The van der Waals surface area contributed by atoms with Crippen molar-refractivity contribution in [2.75, 3.05) is 37.6 Å². The van der Waals surface area contributed by atoms with Gasteiger partial charge in [-0.1, -0.05) is 45.0 Å². The smallest absolute Gasteiger partial charge is 0.225 e. The van der Waals surface area contributed by atoms with E-state index in [9.17, 15) is 4.79 Å². The first kappa shape index (κ1) is 19.4. The first-order valence-electron chi connectivity index (χ1n) is 9.67. The first-order chi connectivity index (χ1) is 12.9. The molecule has 1 N–H and O–H groups in total. The van der Waals surface area contributed by atoms with E-state index < -0.39 is 0 Å². The van der Waals surface area contributed by atoms with Crippen LogP contribution in [-0.4, -0.2) is 48.5 Å². The third kappa shape index (κ3) is 5.07. The molecule has 0 bridgehead atoms. The Bertz CT molecular complexity index is 719. The molecule has 1 fully saturated rings. The third-order valence-electron chi connectivity index (χ3n) is 5.08. The number of carbonyl (C=O) groups excluding carboxylic acids is 1. The fraction of sp³-hybridized carbons (Fsp3) is 0.455. The van der Waals surface area contributed by atoms with Crippen LogP contribution in [-0.2, 0) is 4.79 Å². The average Bonchev–Trinajstić information content (AvgIpc) is 2.69. The molecule has 0 radical (unpaired) electrons. The molecule has 2 aromatic rings. The van der Waals surface area contributed by atoms with Crippen molar-refractivity contribution in [2.24, 2.45) is 5.41 Å². The Morgan fingerprint density at radius 3 is 2.37 bits per heavy atom. The lowest BCUT2D eigenvalue weighted by atomic mass is 9.95. The molecule has 1 aliphatic rings. The van der Waals surface area contributed by atoms with Crippen LogP contribution in [0.2, 0.25) is 0 Å². The van der Waals surface area contributed by atoms with Gasteiger partial charge in [0.25, 0.3) is 0 Å². The summed E-state index contributed by atoms with van der Waals surface area (Å²) < 4.78 is 0. The van der Waals surface area contributed by atoms with Crippen molar-refractivity contribution in [1.82, 2.24) is 15.2 Å². The van der Waals surface area contributed by atoms with E-state index in [1.54, 1.807) is 6.20 Å². The van der Waals surface area contributed by atoms with E-state index >= 15 is 0 Å². The Balaban J connectivity index is 1.68. The number of carbonyl (C=O) groups is 1. The van der Waals surface area contributed by atoms with Gasteiger partial charge in [-0.05, 0) is 23.8 Å². The van der Waals surface area contributed by atoms with Gasteiger partial charge in [0.05, 0.1) is 6.04 Å². The van der Waals surface area contributed by atoms with E-state index in [2.05, 4.69) is 56.5 Å². The summed E-state index contributed by atoms with van der Waals surface area (Å²) in [6.07, 6.45) is 3.71. The van der Waals surface area contributed by atoms with Gasteiger partial charge in [-0.25, -0.2) is 0 Å². The Kier molecular flexibility index (Phi) is 6.11. The molecule has 1 aromatic heterocycles. The molecule has 5 nitrogen and oxygen atoms in total. The number of hydrogen-bond acceptors (Lipinski definition) is 4. The molecule has 1 amide bonds. The SMILES string of the molecule is CC(C)(C)C(=O)NCC(c1cccnc1)N1CCN(c2ccccc2)CC1. The van der Waals surface area contributed by atoms with Crippen LogP contribution >= 0.6 is 0 Å². The highest BCUT2D eigenvalue weighted by Crippen LogP contribution is 2.24. The van der Waals surface area contributed by atoms with Crippen molar-refractivity contribution in [3.8, 4) is 0 Å². The minimum absolute atomic E-state index is 0.0827. The van der Waals surface area contributed by atoms with E-state index in [1.807, 2.05) is 33.0 Å². The van der Waals surface area contributed by atoms with Crippen LogP contribution in [0.4, 0.5) is 5.69 Å². The Hall–Kier alpha value is -2.40. The van der Waals surface area contributed by atoms with Crippen LogP contribution in [0.1, 0.15) is 32.4 Å². The highest BCUT2D eigenvalue weighted by Gasteiger charge is 2.28. The predicted molar refractivity (Wildman–Crippen MR) is 110 cm³/mol. The highest BCUT2D eigenvalue weighted by atomic mass is 16.2. The maximum atomic E-state index is 12.4. The zero-order valence-electron chi connectivity index (χ0n) is 16.6. The van der Waals surface area contributed by atoms with Crippen LogP contribution in [0.5, 0.6) is 0 Å². The number of rotatable bonds is 5. The van der Waals surface area contributed by atoms with Crippen LogP contribution in [0, 0.1) is 5.41 Å². The predicted octanol–water partition coefficient (Wildman–Crippen LogP) is 3.11. The quantitative estimate of drug-likeness (QED) is 0.883. The molecular formula is C22H30N4O. The van der Waals surface area contributed by atoms with E-state index in [0.717, 1.165) is 31.7 Å². The Labute approximate surface area is 162 Å². The largest absolute Gasteiger partial charge is 0.369 e. The zero-order valence-corrected chi connectivity index (χ0v) is 16.6. The maximum Gasteiger partial charge on any atom is 0.225 e. The molecule has 5 heteroatoms. The van der Waals surface area contributed by atoms with Crippen molar-refractivity contribution >= 4 is 11.6 Å². The monoisotopic (exact) mass is 366 g/mol. The molecule has 0 aliphatic carbocycles. The summed E-state index contributed by atoms with van der Waals surface area (Å²) in [4.78, 5) is 21.5. The number of pyridine rings is 1. The number of hydrogen-bond donors (Lipinski definition) is 1. The number of anilines is 1. The summed E-state index contributed by atoms with van der Waals surface area (Å²) in [6, 6.07) is 14.8. The fourth-order valence-corrected chi connectivity index (χ4v) is 3.42. The molecule has 1 saturated heterocycles. The lowest BCUT2D eigenvalue weighted by molar-refractivity contribution is -0.128. The minimum Gasteiger partial charge on any atom is -0.369 e. The lowest BCUT2D eigenvalue weighted by Gasteiger charge is -2.40. The molecule has 1 atom stereocenters. The zero-order chi connectivity index (χ0) is 19.3. The van der Waals surface area contributed by atoms with Gasteiger partial charge in [0.15, 0.2) is 0 Å². The van der Waals surface area contributed by atoms with Gasteiger partial charge >= 0.3 is 0 Å². The number of amides is 1. The van der Waals surface area contributed by atoms with Crippen molar-refractivity contribution in [3.63, 3.8) is 0 Å². The van der Waals surface area contributed by atoms with Crippen LogP contribution < -0.4 is 10.2 Å². The molecule has 27 heavy (non-hydrogen) atoms. The number of para-hydroxylation sites is 1. The number of nitrogens with one attached hydrogen (secondary N) is 1. The number of nitrogens with zero attached hydrogens (tertiary/aromatic N) is 3. The van der Waals surface area contributed by atoms with Crippen molar-refractivity contribution in [2.45, 2.75) is 26.8 Å². The van der Waals surface area contributed by atoms with Gasteiger partial charge in [0.1, 0.15) is 0 Å². The highest BCUT2D eigenvalue weighted by molar-refractivity contribution is 5.81. The standard InChI is InChI=1S/C22H30N4O/c1-22(2,3)21(27)24-17-20(18-8-7-11-23-16-18)26-14-12-25(13-15-26)19-9-5-4-6-10-19/h4-11,16,20H,12-15,17H2,1-3H3,(H,24,27). The molecule has 1 aliphatic heterocycles. The van der Waals surface area contributed by atoms with E-state index in [1.165, 1.54) is 5.69 Å². The average molecular weight is 367 g/mol. The van der Waals surface area contributed by atoms with Crippen molar-refractivity contribution < 1.29 is 4.79 Å². The maximum absolute atomic E-state index is 12.4. The second-order valence-electron chi connectivity index (χ2n) is 8.12. The molecule has 1 unspecified atom stereocenters. The minimum atomic E-state index is -0.383. The number of piperazine rings is 1. The van der Waals surface area contributed by atoms with Gasteiger partial charge in [-0.2, -0.15) is 0 Å². The second kappa shape index (κ2) is 8.53. The number of benzene rings is 1. The van der Waals surface area contributed by atoms with Gasteiger partial charge in [-0.15, -0.1) is 0 Å². The molecule has 2 heterocycles. The Morgan fingerprint density at radius 2 is 1.78 bits per heavy atom. The van der Waals surface area contributed by atoms with Crippen LogP contribution in [0.3, 0.4) is 0 Å². The summed E-state index contributed by atoms with van der Waals surface area (Å²) in [5.74, 6) is 0.0827. The summed E-state index contributed by atoms with van der Waals surface area (Å²) in [7, 11) is 0. The topological polar surface area (TPSA) is 48.5 Å². The van der Waals surface area contributed by atoms with Crippen molar-refractivity contribution in [3.05, 3.63) is 60.4 Å². The van der Waals surface area contributed by atoms with Gasteiger partial charge < -0.3 is 10.2 Å². The Morgan fingerprint density at radius 1 is 1.07 bits per heavy atom. The lowest BCUT2D eigenvalue weighted by Crippen LogP contribution is -2.50. The molecule has 0 saturated carbocycles. The summed E-state index contributed by atoms with van der Waals surface area (Å²) in [6.45, 7) is 10.3. The van der Waals surface area contributed by atoms with Gasteiger partial charge in [0.2, 0.25) is 5.91 Å². The van der Waals surface area contributed by atoms with Crippen molar-refractivity contribution in [1.29, 1.82) is 0 Å². The van der Waals surface area contributed by atoms with E-state index in [4.69, 9.17) is 0 Å². The fourth-order valence-electron chi connectivity index (χ4n) is 3.42. The molecule has 3 rings (SSSR count). The molecule has 0 spiro atoms. The summed E-state index contributed by atoms with van der Waals surface area (Å²) in [5.41, 5.74) is 2.04. The normalized spacial score (nSPS) is 16.8. The van der Waals surface area contributed by atoms with Gasteiger partial charge in [-0.3, -0.25) is 14.7 Å². The molecule has 144 valence electrons. The molecular weight excluding hydrogens is 336 g/mol. The van der Waals surface area contributed by atoms with E-state index in [-0.39, 0.29) is 17.4 Å². The van der Waals surface area contributed by atoms with Crippen LogP contribution in [0.25, 0.3) is 0 Å². The summed E-state index contributed by atoms with van der Waals surface area (Å²) in [5, 5.41) is 3.14.